The minimum Gasteiger partial charge on any atom is -0.388 e. The lowest BCUT2D eigenvalue weighted by atomic mass is 10.2. The second kappa shape index (κ2) is 5.02. The Labute approximate surface area is 95.5 Å². The largest absolute Gasteiger partial charge is 0.388 e. The molecule has 0 aliphatic rings. The summed E-state index contributed by atoms with van der Waals surface area (Å²) in [7, 11) is 1.96. The minimum atomic E-state index is 0.286. The molecular weight excluding hydrogens is 208 g/mol. The zero-order valence-electron chi connectivity index (χ0n) is 9.27. The fraction of sp³-hybridized carbons (Fsp3) is 0.500. The van der Waals surface area contributed by atoms with Crippen LogP contribution in [-0.4, -0.2) is 28.5 Å². The molecular formula is C10H16N4S. The highest BCUT2D eigenvalue weighted by atomic mass is 32.1. The molecule has 0 amide bonds. The Morgan fingerprint density at radius 1 is 1.47 bits per heavy atom. The van der Waals surface area contributed by atoms with Crippen LogP contribution in [0.3, 0.4) is 0 Å². The Morgan fingerprint density at radius 2 is 2.07 bits per heavy atom. The maximum absolute atomic E-state index is 5.59. The summed E-state index contributed by atoms with van der Waals surface area (Å²) in [5, 5.41) is 0. The number of rotatable bonds is 4. The summed E-state index contributed by atoms with van der Waals surface area (Å²) in [6.45, 7) is 5.19. The molecule has 1 rings (SSSR count). The van der Waals surface area contributed by atoms with E-state index in [-0.39, 0.29) is 4.99 Å². The van der Waals surface area contributed by atoms with Crippen molar-refractivity contribution in [1.82, 2.24) is 9.97 Å². The van der Waals surface area contributed by atoms with Gasteiger partial charge in [0.1, 0.15) is 10.7 Å². The van der Waals surface area contributed by atoms with Gasteiger partial charge in [-0.25, -0.2) is 9.97 Å². The predicted molar refractivity (Wildman–Crippen MR) is 66.0 cm³/mol. The van der Waals surface area contributed by atoms with Gasteiger partial charge in [0.2, 0.25) is 0 Å². The molecule has 0 aliphatic carbocycles. The summed E-state index contributed by atoms with van der Waals surface area (Å²) in [4.78, 5) is 10.7. The molecule has 0 radical (unpaired) electrons. The van der Waals surface area contributed by atoms with E-state index in [1.165, 1.54) is 0 Å². The molecule has 0 aromatic carbocycles. The number of nitrogens with two attached hydrogens (primary N) is 1. The van der Waals surface area contributed by atoms with Crippen molar-refractivity contribution in [3.05, 3.63) is 18.1 Å². The van der Waals surface area contributed by atoms with Crippen LogP contribution >= 0.6 is 12.2 Å². The van der Waals surface area contributed by atoms with Crippen molar-refractivity contribution >= 4 is 23.0 Å². The molecule has 1 aromatic rings. The van der Waals surface area contributed by atoms with Crippen molar-refractivity contribution in [2.75, 3.05) is 18.5 Å². The number of hydrogen-bond acceptors (Lipinski definition) is 4. The smallest absolute Gasteiger partial charge is 0.157 e. The zero-order valence-corrected chi connectivity index (χ0v) is 10.1. The Morgan fingerprint density at radius 3 is 2.60 bits per heavy atom. The number of hydrogen-bond donors (Lipinski definition) is 1. The predicted octanol–water partition coefficient (Wildman–Crippen LogP) is 1.20. The molecule has 5 heteroatoms. The lowest BCUT2D eigenvalue weighted by Crippen LogP contribution is -2.27. The highest BCUT2D eigenvalue weighted by Gasteiger charge is 2.12. The average molecular weight is 224 g/mol. The molecule has 0 spiro atoms. The Kier molecular flexibility index (Phi) is 3.96. The van der Waals surface area contributed by atoms with Gasteiger partial charge < -0.3 is 10.6 Å². The molecule has 82 valence electrons. The minimum absolute atomic E-state index is 0.286. The van der Waals surface area contributed by atoms with Crippen LogP contribution in [0.4, 0.5) is 5.82 Å². The molecule has 15 heavy (non-hydrogen) atoms. The molecule has 0 aliphatic heterocycles. The van der Waals surface area contributed by atoms with Crippen LogP contribution in [0.15, 0.2) is 12.4 Å². The summed E-state index contributed by atoms with van der Waals surface area (Å²) in [6.07, 6.45) is 3.25. The van der Waals surface area contributed by atoms with Gasteiger partial charge in [-0.2, -0.15) is 0 Å². The summed E-state index contributed by atoms with van der Waals surface area (Å²) >= 11 is 4.93. The summed E-state index contributed by atoms with van der Waals surface area (Å²) in [5.74, 6) is 1.30. The molecule has 1 aromatic heterocycles. The lowest BCUT2D eigenvalue weighted by Gasteiger charge is -2.21. The summed E-state index contributed by atoms with van der Waals surface area (Å²) < 4.78 is 0. The first-order valence-corrected chi connectivity index (χ1v) is 5.25. The highest BCUT2D eigenvalue weighted by molar-refractivity contribution is 7.80. The number of anilines is 1. The number of aromatic nitrogens is 2. The van der Waals surface area contributed by atoms with Crippen molar-refractivity contribution in [2.24, 2.45) is 11.7 Å². The van der Waals surface area contributed by atoms with Crippen molar-refractivity contribution in [2.45, 2.75) is 13.8 Å². The highest BCUT2D eigenvalue weighted by Crippen LogP contribution is 2.14. The van der Waals surface area contributed by atoms with E-state index < -0.39 is 0 Å². The van der Waals surface area contributed by atoms with E-state index in [9.17, 15) is 0 Å². The van der Waals surface area contributed by atoms with E-state index in [1.54, 1.807) is 12.4 Å². The molecule has 0 atom stereocenters. The van der Waals surface area contributed by atoms with Crippen LogP contribution in [-0.2, 0) is 0 Å². The van der Waals surface area contributed by atoms with Crippen molar-refractivity contribution in [1.29, 1.82) is 0 Å². The molecule has 0 bridgehead atoms. The van der Waals surface area contributed by atoms with Gasteiger partial charge in [0.05, 0.1) is 0 Å². The van der Waals surface area contributed by atoms with Crippen molar-refractivity contribution in [3.63, 3.8) is 0 Å². The van der Waals surface area contributed by atoms with Gasteiger partial charge in [0, 0.05) is 26.0 Å². The molecule has 0 saturated carbocycles. The Bertz CT molecular complexity index is 351. The molecule has 0 unspecified atom stereocenters. The maximum Gasteiger partial charge on any atom is 0.157 e. The van der Waals surface area contributed by atoms with Crippen LogP contribution < -0.4 is 10.6 Å². The Hall–Kier alpha value is -1.23. The van der Waals surface area contributed by atoms with E-state index >= 15 is 0 Å². The third-order valence-electron chi connectivity index (χ3n) is 1.91. The third kappa shape index (κ3) is 3.13. The van der Waals surface area contributed by atoms with Gasteiger partial charge in [-0.3, -0.25) is 0 Å². The topological polar surface area (TPSA) is 55.0 Å². The summed E-state index contributed by atoms with van der Waals surface area (Å²) in [6, 6.07) is 0. The molecule has 1 heterocycles. The van der Waals surface area contributed by atoms with E-state index in [2.05, 4.69) is 23.8 Å². The van der Waals surface area contributed by atoms with Gasteiger partial charge in [0.15, 0.2) is 5.82 Å². The number of nitrogens with zero attached hydrogens (tertiary/aromatic N) is 3. The summed E-state index contributed by atoms with van der Waals surface area (Å²) in [5.41, 5.74) is 6.18. The molecule has 2 N–H and O–H groups in total. The normalized spacial score (nSPS) is 10.4. The van der Waals surface area contributed by atoms with Crippen LogP contribution in [0.1, 0.15) is 19.5 Å². The SMILES string of the molecule is CC(C)CN(C)c1nccnc1C(N)=S. The van der Waals surface area contributed by atoms with Gasteiger partial charge >= 0.3 is 0 Å². The van der Waals surface area contributed by atoms with Crippen molar-refractivity contribution in [3.8, 4) is 0 Å². The molecule has 0 saturated heterocycles. The number of thiocarbonyl (C=S) groups is 1. The van der Waals surface area contributed by atoms with Crippen LogP contribution in [0, 0.1) is 5.92 Å². The van der Waals surface area contributed by atoms with Gasteiger partial charge in [-0.15, -0.1) is 0 Å². The standard InChI is InChI=1S/C10H16N4S/c1-7(2)6-14(3)10-8(9(11)15)12-4-5-13-10/h4-5,7H,6H2,1-3H3,(H2,11,15). The molecule has 4 nitrogen and oxygen atoms in total. The zero-order chi connectivity index (χ0) is 11.4. The van der Waals surface area contributed by atoms with E-state index in [0.717, 1.165) is 12.4 Å². The van der Waals surface area contributed by atoms with Gasteiger partial charge in [0.25, 0.3) is 0 Å². The first kappa shape index (κ1) is 11.8. The van der Waals surface area contributed by atoms with Crippen LogP contribution in [0.25, 0.3) is 0 Å². The first-order valence-electron chi connectivity index (χ1n) is 4.84. The quantitative estimate of drug-likeness (QED) is 0.779. The van der Waals surface area contributed by atoms with Gasteiger partial charge in [-0.1, -0.05) is 26.1 Å². The Balaban J connectivity index is 2.97. The lowest BCUT2D eigenvalue weighted by molar-refractivity contribution is 0.633. The second-order valence-corrected chi connectivity index (χ2v) is 4.31. The molecule has 0 fully saturated rings. The van der Waals surface area contributed by atoms with E-state index in [1.807, 2.05) is 11.9 Å². The fourth-order valence-corrected chi connectivity index (χ4v) is 1.56. The van der Waals surface area contributed by atoms with E-state index in [0.29, 0.717) is 11.6 Å². The van der Waals surface area contributed by atoms with E-state index in [4.69, 9.17) is 18.0 Å². The maximum atomic E-state index is 5.59. The van der Waals surface area contributed by atoms with Crippen LogP contribution in [0.2, 0.25) is 0 Å². The van der Waals surface area contributed by atoms with Crippen LogP contribution in [0.5, 0.6) is 0 Å². The third-order valence-corrected chi connectivity index (χ3v) is 2.11. The average Bonchev–Trinajstić information content (AvgIpc) is 2.16. The van der Waals surface area contributed by atoms with Crippen molar-refractivity contribution < 1.29 is 0 Å². The monoisotopic (exact) mass is 224 g/mol. The van der Waals surface area contributed by atoms with Gasteiger partial charge in [-0.05, 0) is 5.92 Å². The first-order chi connectivity index (χ1) is 7.02. The fourth-order valence-electron chi connectivity index (χ4n) is 1.42. The second-order valence-electron chi connectivity index (χ2n) is 3.87.